The highest BCUT2D eigenvalue weighted by molar-refractivity contribution is 7.86. The highest BCUT2D eigenvalue weighted by Crippen LogP contribution is 2.18. The summed E-state index contributed by atoms with van der Waals surface area (Å²) in [4.78, 5) is 9.17. The van der Waals surface area contributed by atoms with Crippen molar-refractivity contribution in [1.29, 1.82) is 5.26 Å². The highest BCUT2D eigenvalue weighted by atomic mass is 32.2. The molecule has 78 valence electrons. The first kappa shape index (κ1) is 10.9. The molecule has 0 aliphatic rings. The van der Waals surface area contributed by atoms with E-state index >= 15 is 0 Å². The van der Waals surface area contributed by atoms with Gasteiger partial charge in [0.05, 0.1) is 4.92 Å². The summed E-state index contributed by atoms with van der Waals surface area (Å²) in [5.41, 5.74) is -0.391. The van der Waals surface area contributed by atoms with Crippen LogP contribution in [0, 0.1) is 21.6 Å². The fourth-order valence-electron chi connectivity index (χ4n) is 0.850. The van der Waals surface area contributed by atoms with Gasteiger partial charge in [0.1, 0.15) is 4.90 Å². The second kappa shape index (κ2) is 3.93. The molecule has 7 nitrogen and oxygen atoms in total. The number of hydrogen-bond acceptors (Lipinski definition) is 6. The Hall–Kier alpha value is -2.14. The molecule has 0 amide bonds. The molecular formula is C7H4N2O5S. The number of benzene rings is 1. The third-order valence-electron chi connectivity index (χ3n) is 1.46. The minimum atomic E-state index is -4.23. The maximum atomic E-state index is 11.1. The number of nitro groups is 1. The molecule has 0 aliphatic carbocycles. The second-order valence-electron chi connectivity index (χ2n) is 2.38. The Labute approximate surface area is 84.8 Å². The molecule has 0 aliphatic heterocycles. The topological polar surface area (TPSA) is 110 Å². The lowest BCUT2D eigenvalue weighted by molar-refractivity contribution is -0.385. The molecule has 0 spiro atoms. The zero-order valence-electron chi connectivity index (χ0n) is 7.15. The van der Waals surface area contributed by atoms with Gasteiger partial charge >= 0.3 is 16.4 Å². The van der Waals surface area contributed by atoms with Gasteiger partial charge in [0.25, 0.3) is 5.69 Å². The summed E-state index contributed by atoms with van der Waals surface area (Å²) in [5.74, 6) is 0. The van der Waals surface area contributed by atoms with Gasteiger partial charge in [-0.2, -0.15) is 8.42 Å². The number of nitrogens with zero attached hydrogens (tertiary/aromatic N) is 2. The number of hydrogen-bond donors (Lipinski definition) is 0. The Balaban J connectivity index is 3.24. The average molecular weight is 228 g/mol. The van der Waals surface area contributed by atoms with Crippen molar-refractivity contribution in [2.45, 2.75) is 4.90 Å². The SMILES string of the molecule is N#COS(=O)(=O)c1cccc([N+](=O)[O-])c1. The molecule has 1 aromatic carbocycles. The van der Waals surface area contributed by atoms with E-state index in [4.69, 9.17) is 5.26 Å². The van der Waals surface area contributed by atoms with Crippen LogP contribution in [-0.2, 0) is 14.3 Å². The van der Waals surface area contributed by atoms with Gasteiger partial charge in [-0.05, 0) is 6.07 Å². The van der Waals surface area contributed by atoms with Gasteiger partial charge in [-0.1, -0.05) is 6.07 Å². The van der Waals surface area contributed by atoms with Gasteiger partial charge < -0.3 is 0 Å². The molecule has 15 heavy (non-hydrogen) atoms. The van der Waals surface area contributed by atoms with E-state index in [1.54, 1.807) is 0 Å². The van der Waals surface area contributed by atoms with E-state index in [2.05, 4.69) is 4.18 Å². The molecule has 0 saturated heterocycles. The van der Waals surface area contributed by atoms with Gasteiger partial charge in [0, 0.05) is 12.1 Å². The Bertz CT molecular complexity index is 531. The summed E-state index contributed by atoms with van der Waals surface area (Å²) in [6.07, 6.45) is 0.997. The summed E-state index contributed by atoms with van der Waals surface area (Å²) < 4.78 is 26.1. The van der Waals surface area contributed by atoms with Crippen molar-refractivity contribution >= 4 is 15.8 Å². The van der Waals surface area contributed by atoms with Crippen molar-refractivity contribution < 1.29 is 17.5 Å². The fraction of sp³-hybridized carbons (Fsp3) is 0. The molecule has 0 N–H and O–H groups in total. The average Bonchev–Trinajstić information content (AvgIpc) is 2.18. The Morgan fingerprint density at radius 3 is 2.67 bits per heavy atom. The van der Waals surface area contributed by atoms with Gasteiger partial charge in [0.2, 0.25) is 0 Å². The molecule has 0 fully saturated rings. The largest absolute Gasteiger partial charge is 0.349 e. The molecular weight excluding hydrogens is 224 g/mol. The van der Waals surface area contributed by atoms with Crippen molar-refractivity contribution in [3.8, 4) is 6.26 Å². The summed E-state index contributed by atoms with van der Waals surface area (Å²) in [5, 5.41) is 18.4. The first-order valence-corrected chi connectivity index (χ1v) is 4.95. The van der Waals surface area contributed by atoms with Crippen molar-refractivity contribution in [1.82, 2.24) is 0 Å². The van der Waals surface area contributed by atoms with Crippen LogP contribution in [-0.4, -0.2) is 13.3 Å². The normalized spacial score (nSPS) is 10.3. The number of non-ortho nitro benzene ring substituents is 1. The molecule has 0 heterocycles. The van der Waals surface area contributed by atoms with Gasteiger partial charge in [-0.15, -0.1) is 5.26 Å². The summed E-state index contributed by atoms with van der Waals surface area (Å²) in [7, 11) is -4.23. The van der Waals surface area contributed by atoms with Crippen LogP contribution in [0.3, 0.4) is 0 Å². The van der Waals surface area contributed by atoms with E-state index in [1.807, 2.05) is 0 Å². The van der Waals surface area contributed by atoms with Crippen molar-refractivity contribution in [2.75, 3.05) is 0 Å². The molecule has 0 aromatic heterocycles. The third kappa shape index (κ3) is 2.41. The van der Waals surface area contributed by atoms with E-state index in [1.165, 1.54) is 6.07 Å². The van der Waals surface area contributed by atoms with Crippen LogP contribution in [0.5, 0.6) is 0 Å². The fourth-order valence-corrected chi connectivity index (χ4v) is 1.55. The first-order chi connectivity index (χ1) is 6.97. The van der Waals surface area contributed by atoms with Crippen LogP contribution >= 0.6 is 0 Å². The molecule has 0 saturated carbocycles. The van der Waals surface area contributed by atoms with Crippen molar-refractivity contribution in [3.05, 3.63) is 34.4 Å². The molecule has 8 heteroatoms. The van der Waals surface area contributed by atoms with Crippen LogP contribution in [0.1, 0.15) is 0 Å². The second-order valence-corrected chi connectivity index (χ2v) is 3.93. The van der Waals surface area contributed by atoms with Gasteiger partial charge in [-0.25, -0.2) is 0 Å². The van der Waals surface area contributed by atoms with Crippen LogP contribution in [0.2, 0.25) is 0 Å². The number of rotatable bonds is 3. The quantitative estimate of drug-likeness (QED) is 0.327. The molecule has 0 atom stereocenters. The van der Waals surface area contributed by atoms with E-state index in [0.717, 1.165) is 24.5 Å². The lowest BCUT2D eigenvalue weighted by Gasteiger charge is -1.98. The zero-order chi connectivity index (χ0) is 11.5. The minimum Gasteiger partial charge on any atom is -0.299 e. The van der Waals surface area contributed by atoms with Crippen molar-refractivity contribution in [3.63, 3.8) is 0 Å². The standard InChI is InChI=1S/C7H4N2O5S/c8-5-14-15(12,13)7-3-1-2-6(4-7)9(10)11/h1-4H. The van der Waals surface area contributed by atoms with E-state index in [9.17, 15) is 18.5 Å². The predicted octanol–water partition coefficient (Wildman–Crippen LogP) is 0.781. The maximum Gasteiger partial charge on any atom is 0.349 e. The smallest absolute Gasteiger partial charge is 0.299 e. The Morgan fingerprint density at radius 2 is 2.13 bits per heavy atom. The highest BCUT2D eigenvalue weighted by Gasteiger charge is 2.18. The Morgan fingerprint density at radius 1 is 1.47 bits per heavy atom. The molecule has 0 unspecified atom stereocenters. The number of nitriles is 1. The summed E-state index contributed by atoms with van der Waals surface area (Å²) in [6, 6.07) is 4.23. The zero-order valence-corrected chi connectivity index (χ0v) is 7.97. The van der Waals surface area contributed by atoms with Gasteiger partial charge in [-0.3, -0.25) is 14.3 Å². The number of nitro benzene ring substituents is 1. The third-order valence-corrected chi connectivity index (χ3v) is 2.59. The van der Waals surface area contributed by atoms with E-state index < -0.39 is 25.6 Å². The van der Waals surface area contributed by atoms with E-state index in [-0.39, 0.29) is 0 Å². The van der Waals surface area contributed by atoms with Crippen molar-refractivity contribution in [2.24, 2.45) is 0 Å². The summed E-state index contributed by atoms with van der Waals surface area (Å²) in [6.45, 7) is 0. The summed E-state index contributed by atoms with van der Waals surface area (Å²) >= 11 is 0. The van der Waals surface area contributed by atoms with Crippen LogP contribution in [0.15, 0.2) is 29.2 Å². The predicted molar refractivity (Wildman–Crippen MR) is 47.0 cm³/mol. The van der Waals surface area contributed by atoms with Crippen LogP contribution in [0.25, 0.3) is 0 Å². The minimum absolute atomic E-state index is 0.391. The van der Waals surface area contributed by atoms with E-state index in [0.29, 0.717) is 0 Å². The molecule has 1 aromatic rings. The lowest BCUT2D eigenvalue weighted by Crippen LogP contribution is -2.02. The first-order valence-electron chi connectivity index (χ1n) is 3.54. The maximum absolute atomic E-state index is 11.1. The van der Waals surface area contributed by atoms with Gasteiger partial charge in [0.15, 0.2) is 0 Å². The lowest BCUT2D eigenvalue weighted by atomic mass is 10.3. The molecule has 1 rings (SSSR count). The monoisotopic (exact) mass is 228 g/mol. The molecule has 0 bridgehead atoms. The van der Waals surface area contributed by atoms with Crippen LogP contribution in [0.4, 0.5) is 5.69 Å². The van der Waals surface area contributed by atoms with Crippen LogP contribution < -0.4 is 0 Å². The molecule has 0 radical (unpaired) electrons. The Kier molecular flexibility index (Phi) is 2.87.